The van der Waals surface area contributed by atoms with Gasteiger partial charge >= 0.3 is 0 Å². The van der Waals surface area contributed by atoms with Crippen LogP contribution >= 0.6 is 0 Å². The van der Waals surface area contributed by atoms with Crippen LogP contribution in [0, 0.1) is 5.92 Å². The quantitative estimate of drug-likeness (QED) is 0.300. The van der Waals surface area contributed by atoms with Crippen molar-refractivity contribution in [2.24, 2.45) is 16.8 Å². The Balaban J connectivity index is 2.20. The van der Waals surface area contributed by atoms with Crippen molar-refractivity contribution in [1.82, 2.24) is 4.90 Å². The molecule has 1 rings (SSSR count). The summed E-state index contributed by atoms with van der Waals surface area (Å²) in [6.07, 6.45) is 5.20. The summed E-state index contributed by atoms with van der Waals surface area (Å²) in [4.78, 5) is 2.34. The second kappa shape index (κ2) is 8.32. The van der Waals surface area contributed by atoms with Crippen LogP contribution in [0.4, 0.5) is 0 Å². The number of ether oxygens (including phenoxy) is 1. The molecule has 0 bridgehead atoms. The summed E-state index contributed by atoms with van der Waals surface area (Å²) in [7, 11) is 0. The van der Waals surface area contributed by atoms with Crippen molar-refractivity contribution in [1.29, 1.82) is 0 Å². The SMILES string of the molecule is CCN(CCCC1CCCO1)CC(C)C(N)=NO. The number of oxime groups is 1. The Kier molecular flexibility index (Phi) is 7.05. The molecular weight excluding hydrogens is 230 g/mol. The minimum Gasteiger partial charge on any atom is -0.409 e. The molecule has 0 radical (unpaired) electrons. The molecule has 0 amide bonds. The molecule has 1 aliphatic heterocycles. The van der Waals surface area contributed by atoms with Gasteiger partial charge in [0.25, 0.3) is 0 Å². The van der Waals surface area contributed by atoms with Gasteiger partial charge < -0.3 is 20.6 Å². The molecule has 5 heteroatoms. The fraction of sp³-hybridized carbons (Fsp3) is 0.923. The lowest BCUT2D eigenvalue weighted by molar-refractivity contribution is 0.0986. The van der Waals surface area contributed by atoms with Crippen molar-refractivity contribution < 1.29 is 9.94 Å². The maximum atomic E-state index is 8.64. The Hall–Kier alpha value is -0.810. The summed E-state index contributed by atoms with van der Waals surface area (Å²) < 4.78 is 5.61. The molecule has 5 nitrogen and oxygen atoms in total. The maximum Gasteiger partial charge on any atom is 0.143 e. The van der Waals surface area contributed by atoms with Crippen molar-refractivity contribution >= 4 is 5.84 Å². The largest absolute Gasteiger partial charge is 0.409 e. The highest BCUT2D eigenvalue weighted by molar-refractivity contribution is 5.82. The van der Waals surface area contributed by atoms with Crippen molar-refractivity contribution in [3.8, 4) is 0 Å². The lowest BCUT2D eigenvalue weighted by Crippen LogP contribution is -2.35. The van der Waals surface area contributed by atoms with Gasteiger partial charge in [-0.25, -0.2) is 0 Å². The Bertz CT molecular complexity index is 253. The molecule has 0 spiro atoms. The van der Waals surface area contributed by atoms with Gasteiger partial charge in [0.15, 0.2) is 0 Å². The molecule has 3 N–H and O–H groups in total. The lowest BCUT2D eigenvalue weighted by atomic mass is 10.1. The number of nitrogens with zero attached hydrogens (tertiary/aromatic N) is 2. The molecule has 2 unspecified atom stereocenters. The summed E-state index contributed by atoms with van der Waals surface area (Å²) in [6.45, 7) is 7.96. The van der Waals surface area contributed by atoms with Gasteiger partial charge in [0.1, 0.15) is 5.84 Å². The standard InChI is InChI=1S/C13H27N3O2/c1-3-16(10-11(2)13(14)15-17)8-4-6-12-7-5-9-18-12/h11-12,17H,3-10H2,1-2H3,(H2,14,15). The molecule has 1 saturated heterocycles. The summed E-state index contributed by atoms with van der Waals surface area (Å²) in [5.41, 5.74) is 5.60. The molecule has 1 fully saturated rings. The van der Waals surface area contributed by atoms with Crippen molar-refractivity contribution in [2.75, 3.05) is 26.2 Å². The first kappa shape index (κ1) is 15.2. The van der Waals surface area contributed by atoms with Crippen molar-refractivity contribution in [2.45, 2.75) is 45.6 Å². The molecular formula is C13H27N3O2. The van der Waals surface area contributed by atoms with Crippen LogP contribution in [0.1, 0.15) is 39.5 Å². The minimum atomic E-state index is 0.0951. The Morgan fingerprint density at radius 3 is 2.94 bits per heavy atom. The third kappa shape index (κ3) is 5.23. The molecule has 0 aliphatic carbocycles. The van der Waals surface area contributed by atoms with E-state index >= 15 is 0 Å². The molecule has 18 heavy (non-hydrogen) atoms. The molecule has 0 aromatic rings. The van der Waals surface area contributed by atoms with Crippen LogP contribution in [0.25, 0.3) is 0 Å². The van der Waals surface area contributed by atoms with Crippen LogP contribution in [-0.4, -0.2) is 48.3 Å². The highest BCUT2D eigenvalue weighted by atomic mass is 16.5. The number of amidine groups is 1. The van der Waals surface area contributed by atoms with Gasteiger partial charge in [-0.15, -0.1) is 0 Å². The van der Waals surface area contributed by atoms with Gasteiger partial charge in [-0.05, 0) is 38.8 Å². The highest BCUT2D eigenvalue weighted by Crippen LogP contribution is 2.17. The summed E-state index contributed by atoms with van der Waals surface area (Å²) in [5, 5.41) is 11.7. The van der Waals surface area contributed by atoms with Crippen LogP contribution in [0.3, 0.4) is 0 Å². The molecule has 1 aliphatic rings. The predicted molar refractivity (Wildman–Crippen MR) is 72.9 cm³/mol. The van der Waals surface area contributed by atoms with Gasteiger partial charge in [-0.1, -0.05) is 19.0 Å². The minimum absolute atomic E-state index is 0.0951. The number of nitrogens with two attached hydrogens (primary N) is 1. The van der Waals surface area contributed by atoms with E-state index in [4.69, 9.17) is 15.7 Å². The van der Waals surface area contributed by atoms with Crippen LogP contribution in [0.5, 0.6) is 0 Å². The summed E-state index contributed by atoms with van der Waals surface area (Å²) >= 11 is 0. The fourth-order valence-corrected chi connectivity index (χ4v) is 2.37. The monoisotopic (exact) mass is 257 g/mol. The molecule has 0 aromatic carbocycles. The first-order valence-electron chi connectivity index (χ1n) is 6.98. The van der Waals surface area contributed by atoms with Crippen molar-refractivity contribution in [3.63, 3.8) is 0 Å². The topological polar surface area (TPSA) is 71.1 Å². The van der Waals surface area contributed by atoms with Gasteiger partial charge in [0.05, 0.1) is 6.10 Å². The van der Waals surface area contributed by atoms with Gasteiger partial charge in [-0.3, -0.25) is 0 Å². The van der Waals surface area contributed by atoms with E-state index in [9.17, 15) is 0 Å². The number of hydrogen-bond acceptors (Lipinski definition) is 4. The normalized spacial score (nSPS) is 22.6. The van der Waals surface area contributed by atoms with Crippen LogP contribution in [0.15, 0.2) is 5.16 Å². The third-order valence-corrected chi connectivity index (χ3v) is 3.62. The smallest absolute Gasteiger partial charge is 0.143 e. The lowest BCUT2D eigenvalue weighted by Gasteiger charge is -2.24. The average molecular weight is 257 g/mol. The average Bonchev–Trinajstić information content (AvgIpc) is 2.89. The van der Waals surface area contributed by atoms with Crippen LogP contribution in [-0.2, 0) is 4.74 Å². The summed E-state index contributed by atoms with van der Waals surface area (Å²) in [6, 6.07) is 0. The Labute approximate surface area is 110 Å². The first-order chi connectivity index (χ1) is 8.67. The van der Waals surface area contributed by atoms with Crippen LogP contribution in [0.2, 0.25) is 0 Å². The Morgan fingerprint density at radius 1 is 1.61 bits per heavy atom. The molecule has 106 valence electrons. The second-order valence-electron chi connectivity index (χ2n) is 5.10. The third-order valence-electron chi connectivity index (χ3n) is 3.62. The molecule has 1 heterocycles. The molecule has 0 saturated carbocycles. The Morgan fingerprint density at radius 2 is 2.39 bits per heavy atom. The summed E-state index contributed by atoms with van der Waals surface area (Å²) in [5.74, 6) is 0.408. The number of rotatable bonds is 8. The first-order valence-corrected chi connectivity index (χ1v) is 6.98. The zero-order chi connectivity index (χ0) is 13.4. The van der Waals surface area contributed by atoms with Crippen LogP contribution < -0.4 is 5.73 Å². The highest BCUT2D eigenvalue weighted by Gasteiger charge is 2.16. The zero-order valence-electron chi connectivity index (χ0n) is 11.6. The van der Waals surface area contributed by atoms with Gasteiger partial charge in [0.2, 0.25) is 0 Å². The molecule has 2 atom stereocenters. The van der Waals surface area contributed by atoms with Crippen molar-refractivity contribution in [3.05, 3.63) is 0 Å². The van der Waals surface area contributed by atoms with E-state index in [1.165, 1.54) is 12.8 Å². The van der Waals surface area contributed by atoms with E-state index < -0.39 is 0 Å². The maximum absolute atomic E-state index is 8.64. The zero-order valence-corrected chi connectivity index (χ0v) is 11.6. The van der Waals surface area contributed by atoms with E-state index in [0.717, 1.165) is 39.1 Å². The van der Waals surface area contributed by atoms with E-state index in [1.807, 2.05) is 6.92 Å². The van der Waals surface area contributed by atoms with E-state index in [0.29, 0.717) is 11.9 Å². The van der Waals surface area contributed by atoms with E-state index in [1.54, 1.807) is 0 Å². The van der Waals surface area contributed by atoms with E-state index in [2.05, 4.69) is 17.0 Å². The van der Waals surface area contributed by atoms with E-state index in [-0.39, 0.29) is 5.92 Å². The predicted octanol–water partition coefficient (Wildman–Crippen LogP) is 1.65. The fourth-order valence-electron chi connectivity index (χ4n) is 2.37. The number of hydrogen-bond donors (Lipinski definition) is 2. The molecule has 0 aromatic heterocycles. The van der Waals surface area contributed by atoms with Gasteiger partial charge in [0, 0.05) is 19.1 Å². The van der Waals surface area contributed by atoms with Gasteiger partial charge in [-0.2, -0.15) is 0 Å². The second-order valence-corrected chi connectivity index (χ2v) is 5.10.